The van der Waals surface area contributed by atoms with E-state index in [0.717, 1.165) is 22.6 Å². The molecule has 0 aliphatic rings. The maximum atomic E-state index is 12.5. The largest absolute Gasteiger partial charge is 0.486 e. The molecule has 1 heterocycles. The Labute approximate surface area is 202 Å². The SMILES string of the molecule is Cc1cccc(OCc2nnc(SCC(=O)Nc3ccccc3Cl)n2-c2cccc(C)c2)c1. The number of rotatable bonds is 8. The van der Waals surface area contributed by atoms with Crippen molar-refractivity contribution in [1.29, 1.82) is 0 Å². The van der Waals surface area contributed by atoms with Gasteiger partial charge in [-0.15, -0.1) is 10.2 Å². The maximum Gasteiger partial charge on any atom is 0.234 e. The molecule has 0 saturated carbocycles. The number of hydrogen-bond donors (Lipinski definition) is 1. The van der Waals surface area contributed by atoms with E-state index in [1.54, 1.807) is 12.1 Å². The fraction of sp³-hybridized carbons (Fsp3) is 0.160. The van der Waals surface area contributed by atoms with Gasteiger partial charge in [0.1, 0.15) is 12.4 Å². The van der Waals surface area contributed by atoms with E-state index in [1.165, 1.54) is 11.8 Å². The van der Waals surface area contributed by atoms with Gasteiger partial charge in [-0.2, -0.15) is 0 Å². The van der Waals surface area contributed by atoms with E-state index >= 15 is 0 Å². The molecule has 0 saturated heterocycles. The second-order valence-corrected chi connectivity index (χ2v) is 8.84. The average molecular weight is 479 g/mol. The molecule has 8 heteroatoms. The first kappa shape index (κ1) is 22.9. The van der Waals surface area contributed by atoms with Gasteiger partial charge < -0.3 is 10.1 Å². The number of benzene rings is 3. The van der Waals surface area contributed by atoms with Gasteiger partial charge in [-0.1, -0.05) is 59.8 Å². The van der Waals surface area contributed by atoms with Crippen molar-refractivity contribution < 1.29 is 9.53 Å². The minimum Gasteiger partial charge on any atom is -0.486 e. The third-order valence-electron chi connectivity index (χ3n) is 4.80. The highest BCUT2D eigenvalue weighted by Crippen LogP contribution is 2.25. The fourth-order valence-electron chi connectivity index (χ4n) is 3.25. The molecule has 0 bridgehead atoms. The van der Waals surface area contributed by atoms with Crippen molar-refractivity contribution in [3.05, 3.63) is 94.8 Å². The molecule has 0 radical (unpaired) electrons. The Morgan fingerprint density at radius 2 is 1.76 bits per heavy atom. The predicted octanol–water partition coefficient (Wildman–Crippen LogP) is 5.85. The van der Waals surface area contributed by atoms with Crippen molar-refractivity contribution in [2.24, 2.45) is 0 Å². The summed E-state index contributed by atoms with van der Waals surface area (Å²) in [6.45, 7) is 4.29. The van der Waals surface area contributed by atoms with Crippen LogP contribution in [0, 0.1) is 13.8 Å². The van der Waals surface area contributed by atoms with E-state index in [2.05, 4.69) is 15.5 Å². The molecule has 0 spiro atoms. The first-order valence-electron chi connectivity index (χ1n) is 10.4. The number of aryl methyl sites for hydroxylation is 2. The molecule has 6 nitrogen and oxygen atoms in total. The Kier molecular flexibility index (Phi) is 7.32. The smallest absolute Gasteiger partial charge is 0.234 e. The number of anilines is 1. The Morgan fingerprint density at radius 3 is 2.52 bits per heavy atom. The summed E-state index contributed by atoms with van der Waals surface area (Å²) in [6, 6.07) is 23.0. The third kappa shape index (κ3) is 5.94. The number of carbonyl (C=O) groups is 1. The van der Waals surface area contributed by atoms with Crippen LogP contribution in [-0.2, 0) is 11.4 Å². The van der Waals surface area contributed by atoms with Crippen molar-refractivity contribution in [2.75, 3.05) is 11.1 Å². The van der Waals surface area contributed by atoms with Crippen LogP contribution in [0.2, 0.25) is 5.02 Å². The molecule has 0 aliphatic heterocycles. The number of nitrogens with zero attached hydrogens (tertiary/aromatic N) is 3. The normalized spacial score (nSPS) is 10.8. The first-order valence-corrected chi connectivity index (χ1v) is 11.7. The summed E-state index contributed by atoms with van der Waals surface area (Å²) in [5.41, 5.74) is 3.72. The number of nitrogens with one attached hydrogen (secondary N) is 1. The van der Waals surface area contributed by atoms with Crippen LogP contribution in [0.25, 0.3) is 5.69 Å². The summed E-state index contributed by atoms with van der Waals surface area (Å²) in [7, 11) is 0. The molecule has 1 amide bonds. The Hall–Kier alpha value is -3.29. The van der Waals surface area contributed by atoms with Crippen LogP contribution in [0.5, 0.6) is 5.75 Å². The van der Waals surface area contributed by atoms with Gasteiger partial charge in [-0.3, -0.25) is 9.36 Å². The van der Waals surface area contributed by atoms with Crippen molar-refractivity contribution in [3.8, 4) is 11.4 Å². The third-order valence-corrected chi connectivity index (χ3v) is 6.06. The molecule has 168 valence electrons. The van der Waals surface area contributed by atoms with E-state index in [1.807, 2.05) is 79.1 Å². The maximum absolute atomic E-state index is 12.5. The van der Waals surface area contributed by atoms with Crippen LogP contribution in [0.1, 0.15) is 17.0 Å². The van der Waals surface area contributed by atoms with Gasteiger partial charge in [0.25, 0.3) is 0 Å². The summed E-state index contributed by atoms with van der Waals surface area (Å²) in [5, 5.41) is 12.6. The highest BCUT2D eigenvalue weighted by atomic mass is 35.5. The monoisotopic (exact) mass is 478 g/mol. The minimum absolute atomic E-state index is 0.161. The van der Waals surface area contributed by atoms with Gasteiger partial charge in [0.05, 0.1) is 16.5 Å². The average Bonchev–Trinajstić information content (AvgIpc) is 3.21. The molecule has 33 heavy (non-hydrogen) atoms. The molecular formula is C25H23ClN4O2S. The van der Waals surface area contributed by atoms with Gasteiger partial charge in [-0.25, -0.2) is 0 Å². The topological polar surface area (TPSA) is 69.0 Å². The van der Waals surface area contributed by atoms with Crippen LogP contribution in [0.4, 0.5) is 5.69 Å². The molecule has 1 N–H and O–H groups in total. The van der Waals surface area contributed by atoms with Crippen LogP contribution >= 0.6 is 23.4 Å². The van der Waals surface area contributed by atoms with Gasteiger partial charge in [0, 0.05) is 5.69 Å². The van der Waals surface area contributed by atoms with Crippen molar-refractivity contribution in [3.63, 3.8) is 0 Å². The number of aromatic nitrogens is 3. The van der Waals surface area contributed by atoms with E-state index in [9.17, 15) is 4.79 Å². The summed E-state index contributed by atoms with van der Waals surface area (Å²) in [6.07, 6.45) is 0. The molecule has 1 aromatic heterocycles. The predicted molar refractivity (Wildman–Crippen MR) is 132 cm³/mol. The zero-order valence-corrected chi connectivity index (χ0v) is 19.9. The zero-order chi connectivity index (χ0) is 23.2. The molecule has 0 atom stereocenters. The van der Waals surface area contributed by atoms with E-state index < -0.39 is 0 Å². The molecular weight excluding hydrogens is 456 g/mol. The van der Waals surface area contributed by atoms with Gasteiger partial charge in [0.2, 0.25) is 5.91 Å². The van der Waals surface area contributed by atoms with Crippen molar-refractivity contribution in [2.45, 2.75) is 25.6 Å². The second-order valence-electron chi connectivity index (χ2n) is 7.50. The summed E-state index contributed by atoms with van der Waals surface area (Å²) < 4.78 is 7.90. The number of carbonyl (C=O) groups excluding carboxylic acids is 1. The lowest BCUT2D eigenvalue weighted by Gasteiger charge is -2.12. The number of ether oxygens (including phenoxy) is 1. The molecule has 0 aliphatic carbocycles. The number of hydrogen-bond acceptors (Lipinski definition) is 5. The van der Waals surface area contributed by atoms with Crippen LogP contribution in [-0.4, -0.2) is 26.4 Å². The quantitative estimate of drug-likeness (QED) is 0.322. The van der Waals surface area contributed by atoms with Crippen molar-refractivity contribution >= 4 is 35.0 Å². The summed E-state index contributed by atoms with van der Waals surface area (Å²) >= 11 is 7.45. The highest BCUT2D eigenvalue weighted by Gasteiger charge is 2.17. The molecule has 4 aromatic rings. The number of para-hydroxylation sites is 1. The summed E-state index contributed by atoms with van der Waals surface area (Å²) in [5.74, 6) is 1.40. The minimum atomic E-state index is -0.176. The Balaban J connectivity index is 1.53. The lowest BCUT2D eigenvalue weighted by molar-refractivity contribution is -0.113. The summed E-state index contributed by atoms with van der Waals surface area (Å²) in [4.78, 5) is 12.5. The van der Waals surface area contributed by atoms with Gasteiger partial charge in [0.15, 0.2) is 11.0 Å². The van der Waals surface area contributed by atoms with Crippen molar-refractivity contribution in [1.82, 2.24) is 14.8 Å². The van der Waals surface area contributed by atoms with E-state index in [-0.39, 0.29) is 18.3 Å². The highest BCUT2D eigenvalue weighted by molar-refractivity contribution is 7.99. The van der Waals surface area contributed by atoms with E-state index in [4.69, 9.17) is 16.3 Å². The second kappa shape index (κ2) is 10.6. The lowest BCUT2D eigenvalue weighted by Crippen LogP contribution is -2.15. The fourth-order valence-corrected chi connectivity index (χ4v) is 4.20. The van der Waals surface area contributed by atoms with Crippen LogP contribution < -0.4 is 10.1 Å². The zero-order valence-electron chi connectivity index (χ0n) is 18.3. The van der Waals surface area contributed by atoms with Gasteiger partial charge >= 0.3 is 0 Å². The molecule has 3 aromatic carbocycles. The van der Waals surface area contributed by atoms with Crippen LogP contribution in [0.15, 0.2) is 78.0 Å². The van der Waals surface area contributed by atoms with Crippen LogP contribution in [0.3, 0.4) is 0 Å². The molecule has 0 fully saturated rings. The number of amides is 1. The first-order chi connectivity index (χ1) is 16.0. The standard InChI is InChI=1S/C25H23ClN4O2S/c1-17-7-5-9-19(13-17)30-23(15-32-20-10-6-8-18(2)14-20)28-29-25(30)33-16-24(31)27-22-12-4-3-11-21(22)26/h3-14H,15-16H2,1-2H3,(H,27,31). The Morgan fingerprint density at radius 1 is 1.00 bits per heavy atom. The lowest BCUT2D eigenvalue weighted by atomic mass is 10.2. The molecule has 4 rings (SSSR count). The number of halogens is 1. The molecule has 0 unspecified atom stereocenters. The Bertz CT molecular complexity index is 1270. The number of thioether (sulfide) groups is 1. The van der Waals surface area contributed by atoms with Gasteiger partial charge in [-0.05, 0) is 61.4 Å². The van der Waals surface area contributed by atoms with E-state index in [0.29, 0.717) is 21.7 Å².